The van der Waals surface area contributed by atoms with Crippen molar-refractivity contribution in [3.8, 4) is 5.75 Å². The number of nitrogens with zero attached hydrogens (tertiary/aromatic N) is 1. The highest BCUT2D eigenvalue weighted by Crippen LogP contribution is 2.47. The van der Waals surface area contributed by atoms with Crippen molar-refractivity contribution < 1.29 is 24.0 Å². The maximum atomic E-state index is 14.5. The Kier molecular flexibility index (Phi) is 6.80. The number of aliphatic carboxylic acids is 1. The molecule has 4 rings (SSSR count). The maximum Gasteiger partial charge on any atom is 0.313 e. The third-order valence-electron chi connectivity index (χ3n) is 5.53. The molecule has 2 atom stereocenters. The predicted molar refractivity (Wildman–Crippen MR) is 130 cm³/mol. The first kappa shape index (κ1) is 23.1. The molecule has 0 bridgehead atoms. The number of fused-ring (bicyclic) bond motifs is 1. The second kappa shape index (κ2) is 9.43. The Hall–Kier alpha value is -2.07. The number of carbonyl (C=O) groups is 1. The number of ether oxygens (including phenoxy) is 1. The van der Waals surface area contributed by atoms with Gasteiger partial charge in [-0.1, -0.05) is 40.2 Å². The first-order chi connectivity index (χ1) is 15.3. The molecule has 3 aromatic carbocycles. The second-order valence-corrected chi connectivity index (χ2v) is 11.9. The molecule has 32 heavy (non-hydrogen) atoms. The molecule has 1 fully saturated rings. The summed E-state index contributed by atoms with van der Waals surface area (Å²) in [4.78, 5) is 12.2. The van der Waals surface area contributed by atoms with Gasteiger partial charge in [0.1, 0.15) is 5.75 Å². The van der Waals surface area contributed by atoms with Gasteiger partial charge in [0.25, 0.3) is 0 Å². The molecule has 0 aliphatic carbocycles. The van der Waals surface area contributed by atoms with E-state index in [1.54, 1.807) is 19.2 Å². The Morgan fingerprint density at radius 1 is 1.22 bits per heavy atom. The van der Waals surface area contributed by atoms with Gasteiger partial charge in [-0.05, 0) is 41.3 Å². The van der Waals surface area contributed by atoms with E-state index in [2.05, 4.69) is 20.3 Å². The lowest BCUT2D eigenvalue weighted by atomic mass is 9.92. The molecule has 168 valence electrons. The number of carboxylic acids is 1. The second-order valence-electron chi connectivity index (χ2n) is 7.46. The minimum Gasteiger partial charge on any atom is -0.506 e. The summed E-state index contributed by atoms with van der Waals surface area (Å²) in [5, 5.41) is 20.9. The maximum absolute atomic E-state index is 14.5. The van der Waals surface area contributed by atoms with Gasteiger partial charge in [0, 0.05) is 27.7 Å². The first-order valence-corrected chi connectivity index (χ1v) is 13.3. The largest absolute Gasteiger partial charge is 0.506 e. The fourth-order valence-electron chi connectivity index (χ4n) is 3.96. The van der Waals surface area contributed by atoms with Crippen molar-refractivity contribution in [3.63, 3.8) is 0 Å². The van der Waals surface area contributed by atoms with Crippen LogP contribution >= 0.6 is 27.7 Å². The lowest BCUT2D eigenvalue weighted by molar-refractivity contribution is -0.133. The molecule has 0 aromatic heterocycles. The van der Waals surface area contributed by atoms with Gasteiger partial charge in [0.2, 0.25) is 0 Å². The quantitative estimate of drug-likeness (QED) is 0.397. The van der Waals surface area contributed by atoms with Crippen LogP contribution in [0.2, 0.25) is 0 Å². The number of carboxylic acid groups (broad SMARTS) is 1. The number of rotatable bonds is 7. The Labute approximate surface area is 199 Å². The highest BCUT2D eigenvalue weighted by Gasteiger charge is 2.39. The van der Waals surface area contributed by atoms with E-state index in [1.807, 2.05) is 42.5 Å². The topological polar surface area (TPSA) is 96.2 Å². The molecule has 0 radical (unpaired) electrons. The fraction of sp³-hybridized carbons (Fsp3) is 0.261. The van der Waals surface area contributed by atoms with E-state index in [-0.39, 0.29) is 17.4 Å². The number of hydrogen-bond donors (Lipinski definition) is 2. The number of halogens is 1. The Morgan fingerprint density at radius 2 is 1.88 bits per heavy atom. The van der Waals surface area contributed by atoms with Crippen molar-refractivity contribution in [1.82, 2.24) is 0 Å². The van der Waals surface area contributed by atoms with E-state index < -0.39 is 20.9 Å². The van der Waals surface area contributed by atoms with Crippen LogP contribution in [0.25, 0.3) is 10.8 Å². The van der Waals surface area contributed by atoms with E-state index in [0.29, 0.717) is 28.4 Å². The van der Waals surface area contributed by atoms with Gasteiger partial charge in [-0.15, -0.1) is 11.8 Å². The minimum absolute atomic E-state index is 0.0277. The van der Waals surface area contributed by atoms with Crippen LogP contribution in [0, 0.1) is 5.92 Å². The summed E-state index contributed by atoms with van der Waals surface area (Å²) >= 11 is 4.47. The van der Waals surface area contributed by atoms with Crippen LogP contribution in [0.15, 0.2) is 73.2 Å². The average molecular weight is 536 g/mol. The smallest absolute Gasteiger partial charge is 0.313 e. The van der Waals surface area contributed by atoms with Gasteiger partial charge >= 0.3 is 5.97 Å². The van der Waals surface area contributed by atoms with E-state index >= 15 is 0 Å². The molecule has 2 unspecified atom stereocenters. The standard InChI is InChI=1S/C23H22BrNO5S2/c1-25-32(29,16-8-6-15(24)7-9-16)23(14-11-30-12-14)19-10-20(31-13-21(26)27)22(28)18-5-3-2-4-17(18)19/h2-10,14,23,28H,11-13H2,1H3,(H,26,27). The summed E-state index contributed by atoms with van der Waals surface area (Å²) in [7, 11) is -1.34. The zero-order chi connectivity index (χ0) is 22.9. The van der Waals surface area contributed by atoms with Gasteiger partial charge in [0.15, 0.2) is 0 Å². The zero-order valence-electron chi connectivity index (χ0n) is 17.2. The summed E-state index contributed by atoms with van der Waals surface area (Å²) in [6.07, 6.45) is 0. The molecule has 3 aromatic rings. The first-order valence-electron chi connectivity index (χ1n) is 9.91. The van der Waals surface area contributed by atoms with Gasteiger partial charge in [-0.2, -0.15) is 0 Å². The van der Waals surface area contributed by atoms with Gasteiger partial charge in [0.05, 0.1) is 38.8 Å². The van der Waals surface area contributed by atoms with E-state index in [9.17, 15) is 14.1 Å². The average Bonchev–Trinajstić information content (AvgIpc) is 2.76. The highest BCUT2D eigenvalue weighted by molar-refractivity contribution is 9.10. The summed E-state index contributed by atoms with van der Waals surface area (Å²) in [6, 6.07) is 16.5. The molecule has 1 aliphatic rings. The van der Waals surface area contributed by atoms with Crippen LogP contribution in [0.5, 0.6) is 5.75 Å². The zero-order valence-corrected chi connectivity index (χ0v) is 20.5. The molecule has 0 saturated carbocycles. The lowest BCUT2D eigenvalue weighted by Gasteiger charge is -2.36. The molecular weight excluding hydrogens is 514 g/mol. The number of phenols is 1. The van der Waals surface area contributed by atoms with E-state index in [0.717, 1.165) is 27.2 Å². The molecule has 0 spiro atoms. The van der Waals surface area contributed by atoms with Crippen LogP contribution < -0.4 is 0 Å². The molecule has 1 saturated heterocycles. The minimum atomic E-state index is -2.91. The van der Waals surface area contributed by atoms with Crippen molar-refractivity contribution in [2.45, 2.75) is 15.0 Å². The molecule has 9 heteroatoms. The molecule has 0 amide bonds. The van der Waals surface area contributed by atoms with Gasteiger partial charge < -0.3 is 14.9 Å². The summed E-state index contributed by atoms with van der Waals surface area (Å²) in [5.41, 5.74) is 0.776. The van der Waals surface area contributed by atoms with Crippen molar-refractivity contribution >= 4 is 54.2 Å². The van der Waals surface area contributed by atoms with Crippen molar-refractivity contribution in [1.29, 1.82) is 0 Å². The summed E-state index contributed by atoms with van der Waals surface area (Å²) in [6.45, 7) is 0.918. The molecule has 6 nitrogen and oxygen atoms in total. The van der Waals surface area contributed by atoms with E-state index in [4.69, 9.17) is 9.84 Å². The van der Waals surface area contributed by atoms with Crippen LogP contribution in [0.1, 0.15) is 10.8 Å². The van der Waals surface area contributed by atoms with Crippen molar-refractivity contribution in [2.75, 3.05) is 26.0 Å². The monoisotopic (exact) mass is 535 g/mol. The van der Waals surface area contributed by atoms with Gasteiger partial charge in [-0.25, -0.2) is 8.57 Å². The molecular formula is C23H22BrNO5S2. The van der Waals surface area contributed by atoms with Gasteiger partial charge in [-0.3, -0.25) is 4.79 Å². The third kappa shape index (κ3) is 4.26. The summed E-state index contributed by atoms with van der Waals surface area (Å²) < 4.78 is 25.3. The van der Waals surface area contributed by atoms with Crippen LogP contribution in [-0.2, 0) is 19.3 Å². The van der Waals surface area contributed by atoms with Crippen molar-refractivity contribution in [2.24, 2.45) is 10.3 Å². The number of phenolic OH excluding ortho intramolecular Hbond substituents is 1. The normalized spacial score (nSPS) is 16.8. The fourth-order valence-corrected chi connectivity index (χ4v) is 7.43. The lowest BCUT2D eigenvalue weighted by Crippen LogP contribution is -2.37. The molecule has 2 N–H and O–H groups in total. The summed E-state index contributed by atoms with van der Waals surface area (Å²) in [5.74, 6) is -1.17. The number of thioether (sulfide) groups is 1. The highest BCUT2D eigenvalue weighted by atomic mass is 79.9. The number of hydrogen-bond acceptors (Lipinski definition) is 6. The van der Waals surface area contributed by atoms with Crippen LogP contribution in [-0.4, -0.2) is 46.4 Å². The van der Waals surface area contributed by atoms with Crippen LogP contribution in [0.3, 0.4) is 0 Å². The molecule has 1 aliphatic heterocycles. The molecule has 1 heterocycles. The van der Waals surface area contributed by atoms with Crippen molar-refractivity contribution in [3.05, 3.63) is 64.6 Å². The number of aromatic hydroxyl groups is 1. The third-order valence-corrected chi connectivity index (χ3v) is 9.89. The Bertz CT molecular complexity index is 1280. The predicted octanol–water partition coefficient (Wildman–Crippen LogP) is 5.33. The van der Waals surface area contributed by atoms with Crippen LogP contribution in [0.4, 0.5) is 0 Å². The number of benzene rings is 3. The SMILES string of the molecule is CN=S(=O)(c1ccc(Br)cc1)C(c1cc(SCC(=O)O)c(O)c2ccccc12)C1COC1. The Balaban J connectivity index is 1.97. The Morgan fingerprint density at radius 3 is 2.44 bits per heavy atom. The van der Waals surface area contributed by atoms with E-state index in [1.165, 1.54) is 0 Å².